The van der Waals surface area contributed by atoms with Crippen molar-refractivity contribution in [1.29, 1.82) is 0 Å². The number of hydrogen-bond donors (Lipinski definition) is 0. The molecule has 0 aromatic rings. The number of unbranched alkanes of at least 4 members (excludes halogenated alkanes) is 43. The van der Waals surface area contributed by atoms with Gasteiger partial charge in [-0.05, 0) is 25.2 Å². The summed E-state index contributed by atoms with van der Waals surface area (Å²) >= 11 is 0. The molecule has 0 heterocycles. The summed E-state index contributed by atoms with van der Waals surface area (Å²) in [5.41, 5.74) is 0. The summed E-state index contributed by atoms with van der Waals surface area (Å²) in [6, 6.07) is 0. The molecule has 67 heavy (non-hydrogen) atoms. The average molecular weight is 948 g/mol. The third-order valence-electron chi connectivity index (χ3n) is 14.0. The first-order chi connectivity index (χ1) is 32.9. The van der Waals surface area contributed by atoms with E-state index in [-0.39, 0.29) is 31.1 Å². The predicted octanol–water partition coefficient (Wildman–Crippen LogP) is 20.2. The van der Waals surface area contributed by atoms with Crippen molar-refractivity contribution in [2.24, 2.45) is 5.92 Å². The van der Waals surface area contributed by atoms with Crippen LogP contribution in [0.2, 0.25) is 0 Å². The second-order valence-electron chi connectivity index (χ2n) is 21.5. The Bertz CT molecular complexity index is 1010. The van der Waals surface area contributed by atoms with Crippen molar-refractivity contribution >= 4 is 17.9 Å². The molecule has 0 aliphatic heterocycles. The maximum absolute atomic E-state index is 12.9. The summed E-state index contributed by atoms with van der Waals surface area (Å²) in [6.07, 6.45) is 61.0. The quantitative estimate of drug-likeness (QED) is 0.0343. The van der Waals surface area contributed by atoms with Gasteiger partial charge in [-0.1, -0.05) is 310 Å². The van der Waals surface area contributed by atoms with Crippen LogP contribution in [-0.2, 0) is 28.6 Å². The van der Waals surface area contributed by atoms with Crippen LogP contribution in [0.4, 0.5) is 0 Å². The number of esters is 3. The van der Waals surface area contributed by atoms with Crippen molar-refractivity contribution in [2.75, 3.05) is 13.2 Å². The minimum Gasteiger partial charge on any atom is -0.462 e. The third kappa shape index (κ3) is 55.2. The highest BCUT2D eigenvalue weighted by Crippen LogP contribution is 2.18. The lowest BCUT2D eigenvalue weighted by atomic mass is 10.0. The first-order valence-corrected chi connectivity index (χ1v) is 30.4. The highest BCUT2D eigenvalue weighted by atomic mass is 16.6. The SMILES string of the molecule is CCCCCCCCCCCCCCCCCCCCCC(=O)O[C@H](COC(=O)CCCCCCCCCCCCCCCCC)COC(=O)CCCCCCCCCCCCCCC(C)C. The molecule has 0 amide bonds. The highest BCUT2D eigenvalue weighted by molar-refractivity contribution is 5.71. The van der Waals surface area contributed by atoms with Crippen LogP contribution in [0.25, 0.3) is 0 Å². The minimum atomic E-state index is -0.762. The van der Waals surface area contributed by atoms with Crippen molar-refractivity contribution < 1.29 is 28.6 Å². The van der Waals surface area contributed by atoms with E-state index in [1.54, 1.807) is 0 Å². The van der Waals surface area contributed by atoms with Crippen LogP contribution in [0, 0.1) is 5.92 Å². The van der Waals surface area contributed by atoms with Gasteiger partial charge in [0.15, 0.2) is 6.10 Å². The molecule has 0 saturated heterocycles. The van der Waals surface area contributed by atoms with E-state index in [4.69, 9.17) is 14.2 Å². The molecule has 0 aromatic heterocycles. The summed E-state index contributed by atoms with van der Waals surface area (Å²) in [7, 11) is 0. The number of hydrogen-bond acceptors (Lipinski definition) is 6. The van der Waals surface area contributed by atoms with Gasteiger partial charge in [-0.15, -0.1) is 0 Å². The van der Waals surface area contributed by atoms with Crippen LogP contribution in [0.15, 0.2) is 0 Å². The Morgan fingerprint density at radius 1 is 0.284 bits per heavy atom. The van der Waals surface area contributed by atoms with E-state index in [0.29, 0.717) is 19.3 Å². The van der Waals surface area contributed by atoms with Gasteiger partial charge in [0.05, 0.1) is 0 Å². The Morgan fingerprint density at radius 2 is 0.493 bits per heavy atom. The Balaban J connectivity index is 4.28. The zero-order valence-electron chi connectivity index (χ0n) is 45.9. The first-order valence-electron chi connectivity index (χ1n) is 30.4. The highest BCUT2D eigenvalue weighted by Gasteiger charge is 2.19. The summed E-state index contributed by atoms with van der Waals surface area (Å²) in [5, 5.41) is 0. The standard InChI is InChI=1S/C61H118O6/c1-5-7-9-11-13-15-17-19-21-22-23-24-26-28-34-38-42-46-50-54-61(64)67-58(55-65-59(62)52-48-44-40-36-32-27-25-20-18-16-14-12-10-8-6-2)56-66-60(63)53-49-45-41-37-33-30-29-31-35-39-43-47-51-57(3)4/h57-58H,5-56H2,1-4H3/t58-/m1/s1. The fourth-order valence-electron chi connectivity index (χ4n) is 9.46. The van der Waals surface area contributed by atoms with E-state index < -0.39 is 6.10 Å². The lowest BCUT2D eigenvalue weighted by Gasteiger charge is -2.18. The maximum atomic E-state index is 12.9. The largest absolute Gasteiger partial charge is 0.462 e. The van der Waals surface area contributed by atoms with Crippen LogP contribution in [0.1, 0.15) is 349 Å². The lowest BCUT2D eigenvalue weighted by molar-refractivity contribution is -0.167. The average Bonchev–Trinajstić information content (AvgIpc) is 3.31. The molecule has 0 bridgehead atoms. The summed E-state index contributed by atoms with van der Waals surface area (Å²) in [5.74, 6) is 0.00198. The predicted molar refractivity (Wildman–Crippen MR) is 289 cm³/mol. The van der Waals surface area contributed by atoms with Gasteiger partial charge in [0.1, 0.15) is 13.2 Å². The van der Waals surface area contributed by atoms with Gasteiger partial charge in [-0.2, -0.15) is 0 Å². The minimum absolute atomic E-state index is 0.0616. The normalized spacial score (nSPS) is 12.0. The van der Waals surface area contributed by atoms with E-state index in [0.717, 1.165) is 63.7 Å². The molecule has 1 atom stereocenters. The second-order valence-corrected chi connectivity index (χ2v) is 21.5. The monoisotopic (exact) mass is 947 g/mol. The van der Waals surface area contributed by atoms with E-state index in [1.165, 1.54) is 244 Å². The number of carbonyl (C=O) groups is 3. The summed E-state index contributed by atoms with van der Waals surface area (Å²) in [6.45, 7) is 9.07. The zero-order chi connectivity index (χ0) is 48.8. The summed E-state index contributed by atoms with van der Waals surface area (Å²) < 4.78 is 16.9. The molecule has 0 aliphatic carbocycles. The fraction of sp³-hybridized carbons (Fsp3) is 0.951. The first kappa shape index (κ1) is 65.4. The van der Waals surface area contributed by atoms with Gasteiger partial charge >= 0.3 is 17.9 Å². The lowest BCUT2D eigenvalue weighted by Crippen LogP contribution is -2.30. The molecule has 398 valence electrons. The van der Waals surface area contributed by atoms with Crippen molar-refractivity contribution in [3.8, 4) is 0 Å². The van der Waals surface area contributed by atoms with E-state index in [9.17, 15) is 14.4 Å². The van der Waals surface area contributed by atoms with Crippen LogP contribution >= 0.6 is 0 Å². The van der Waals surface area contributed by atoms with Gasteiger partial charge in [0.2, 0.25) is 0 Å². The molecule has 0 radical (unpaired) electrons. The fourth-order valence-corrected chi connectivity index (χ4v) is 9.46. The van der Waals surface area contributed by atoms with Crippen molar-refractivity contribution in [1.82, 2.24) is 0 Å². The molecule has 0 fully saturated rings. The number of carbonyl (C=O) groups excluding carboxylic acids is 3. The van der Waals surface area contributed by atoms with Gasteiger partial charge < -0.3 is 14.2 Å². The maximum Gasteiger partial charge on any atom is 0.306 e. The van der Waals surface area contributed by atoms with Crippen LogP contribution in [-0.4, -0.2) is 37.2 Å². The van der Waals surface area contributed by atoms with Crippen molar-refractivity contribution in [3.63, 3.8) is 0 Å². The molecule has 0 N–H and O–H groups in total. The molecule has 0 unspecified atom stereocenters. The van der Waals surface area contributed by atoms with Crippen molar-refractivity contribution in [2.45, 2.75) is 355 Å². The molecule has 6 heteroatoms. The number of ether oxygens (including phenoxy) is 3. The van der Waals surface area contributed by atoms with Crippen LogP contribution in [0.5, 0.6) is 0 Å². The zero-order valence-corrected chi connectivity index (χ0v) is 45.9. The molecule has 6 nitrogen and oxygen atoms in total. The molecule has 0 aromatic carbocycles. The van der Waals surface area contributed by atoms with E-state index >= 15 is 0 Å². The topological polar surface area (TPSA) is 78.9 Å². The Hall–Kier alpha value is -1.59. The molecule has 0 rings (SSSR count). The molecular formula is C61H118O6. The Labute approximate surface area is 418 Å². The molecular weight excluding hydrogens is 829 g/mol. The van der Waals surface area contributed by atoms with Gasteiger partial charge in [0, 0.05) is 19.3 Å². The summed E-state index contributed by atoms with van der Waals surface area (Å²) in [4.78, 5) is 38.2. The van der Waals surface area contributed by atoms with Gasteiger partial charge in [-0.25, -0.2) is 0 Å². The molecule has 0 aliphatic rings. The second kappa shape index (κ2) is 55.3. The Morgan fingerprint density at radius 3 is 0.731 bits per heavy atom. The van der Waals surface area contributed by atoms with E-state index in [1.807, 2.05) is 0 Å². The third-order valence-corrected chi connectivity index (χ3v) is 14.0. The van der Waals surface area contributed by atoms with Crippen LogP contribution in [0.3, 0.4) is 0 Å². The van der Waals surface area contributed by atoms with Gasteiger partial charge in [0.25, 0.3) is 0 Å². The van der Waals surface area contributed by atoms with Crippen molar-refractivity contribution in [3.05, 3.63) is 0 Å². The smallest absolute Gasteiger partial charge is 0.306 e. The molecule has 0 saturated carbocycles. The van der Waals surface area contributed by atoms with Crippen LogP contribution < -0.4 is 0 Å². The van der Waals surface area contributed by atoms with E-state index in [2.05, 4.69) is 27.7 Å². The van der Waals surface area contributed by atoms with Gasteiger partial charge in [-0.3, -0.25) is 14.4 Å². The Kier molecular flexibility index (Phi) is 54.0. The molecule has 0 spiro atoms. The number of rotatable bonds is 56.